The fourth-order valence-electron chi connectivity index (χ4n) is 4.98. The van der Waals surface area contributed by atoms with Crippen molar-refractivity contribution >= 4 is 5.90 Å². The monoisotopic (exact) mass is 346 g/mol. The van der Waals surface area contributed by atoms with Crippen LogP contribution in [0.4, 0.5) is 0 Å². The van der Waals surface area contributed by atoms with E-state index in [0.29, 0.717) is 19.3 Å². The summed E-state index contributed by atoms with van der Waals surface area (Å²) in [5.74, 6) is -1.82. The summed E-state index contributed by atoms with van der Waals surface area (Å²) >= 11 is 0. The van der Waals surface area contributed by atoms with Crippen molar-refractivity contribution in [1.29, 1.82) is 21.2 Å². The maximum atomic E-state index is 10.1. The molecule has 0 radical (unpaired) electrons. The number of nitrogens with one attached hydrogen (secondary N) is 1. The number of ether oxygens (including phenoxy) is 2. The number of hydrogen-bond acceptors (Lipinski definition) is 6. The van der Waals surface area contributed by atoms with Gasteiger partial charge in [0.15, 0.2) is 10.8 Å². The molecule has 1 aromatic rings. The van der Waals surface area contributed by atoms with Gasteiger partial charge in [-0.05, 0) is 18.4 Å². The van der Waals surface area contributed by atoms with Crippen LogP contribution in [0.25, 0.3) is 0 Å². The molecular formula is C20H18N4O2. The molecule has 6 nitrogen and oxygen atoms in total. The van der Waals surface area contributed by atoms with Gasteiger partial charge in [-0.2, -0.15) is 15.8 Å². The standard InChI is InChI=1S/C20H18N4O2/c21-11-18(12-22)16(10-14-6-2-1-3-7-14)25-20-9-5-4-8-15(20)19(18,13-23)17(24)26-20/h1-3,6-7,15-16,24H,4-5,8-10H2/t15-,16-,19-,20+/m0/s1. The maximum Gasteiger partial charge on any atom is 0.217 e. The van der Waals surface area contributed by atoms with Crippen molar-refractivity contribution in [2.45, 2.75) is 44.0 Å². The smallest absolute Gasteiger partial charge is 0.217 e. The lowest BCUT2D eigenvalue weighted by Crippen LogP contribution is -2.63. The van der Waals surface area contributed by atoms with E-state index in [9.17, 15) is 15.8 Å². The lowest BCUT2D eigenvalue weighted by Gasteiger charge is -2.51. The van der Waals surface area contributed by atoms with Crippen LogP contribution in [-0.2, 0) is 15.9 Å². The molecule has 0 unspecified atom stereocenters. The topological polar surface area (TPSA) is 114 Å². The zero-order valence-electron chi connectivity index (χ0n) is 14.2. The quantitative estimate of drug-likeness (QED) is 0.884. The van der Waals surface area contributed by atoms with Crippen LogP contribution >= 0.6 is 0 Å². The summed E-state index contributed by atoms with van der Waals surface area (Å²) in [4.78, 5) is 0. The predicted molar refractivity (Wildman–Crippen MR) is 90.2 cm³/mol. The van der Waals surface area contributed by atoms with Crippen LogP contribution in [0.3, 0.4) is 0 Å². The molecule has 2 heterocycles. The van der Waals surface area contributed by atoms with E-state index in [1.807, 2.05) is 30.3 Å². The average Bonchev–Trinajstić information content (AvgIpc) is 2.88. The molecule has 26 heavy (non-hydrogen) atoms. The highest BCUT2D eigenvalue weighted by Gasteiger charge is 2.80. The van der Waals surface area contributed by atoms with E-state index in [2.05, 4.69) is 18.2 Å². The van der Waals surface area contributed by atoms with Gasteiger partial charge in [0.25, 0.3) is 0 Å². The van der Waals surface area contributed by atoms with Crippen LogP contribution < -0.4 is 0 Å². The van der Waals surface area contributed by atoms with Crippen molar-refractivity contribution < 1.29 is 9.47 Å². The van der Waals surface area contributed by atoms with Crippen molar-refractivity contribution in [2.75, 3.05) is 0 Å². The van der Waals surface area contributed by atoms with Crippen molar-refractivity contribution in [1.82, 2.24) is 0 Å². The average molecular weight is 346 g/mol. The largest absolute Gasteiger partial charge is 0.447 e. The summed E-state index contributed by atoms with van der Waals surface area (Å²) in [6, 6.07) is 15.8. The third-order valence-electron chi connectivity index (χ3n) is 6.19. The molecule has 4 rings (SSSR count). The van der Waals surface area contributed by atoms with Crippen molar-refractivity contribution in [2.24, 2.45) is 16.7 Å². The lowest BCUT2D eigenvalue weighted by molar-refractivity contribution is -0.291. The molecule has 3 fully saturated rings. The molecule has 0 spiro atoms. The van der Waals surface area contributed by atoms with Crippen LogP contribution in [0.2, 0.25) is 0 Å². The summed E-state index contributed by atoms with van der Waals surface area (Å²) in [5, 5.41) is 38.7. The Bertz CT molecular complexity index is 864. The van der Waals surface area contributed by atoms with E-state index in [1.165, 1.54) is 0 Å². The highest BCUT2D eigenvalue weighted by Crippen LogP contribution is 2.66. The Morgan fingerprint density at radius 1 is 1.08 bits per heavy atom. The second kappa shape index (κ2) is 5.56. The molecular weight excluding hydrogens is 328 g/mol. The number of nitrogens with zero attached hydrogens (tertiary/aromatic N) is 3. The van der Waals surface area contributed by atoms with E-state index in [1.54, 1.807) is 0 Å². The van der Waals surface area contributed by atoms with E-state index >= 15 is 0 Å². The summed E-state index contributed by atoms with van der Waals surface area (Å²) in [6.45, 7) is 0. The normalized spacial score (nSPS) is 36.7. The van der Waals surface area contributed by atoms with Crippen molar-refractivity contribution in [3.8, 4) is 18.2 Å². The zero-order chi connectivity index (χ0) is 18.4. The molecule has 2 saturated heterocycles. The Morgan fingerprint density at radius 3 is 2.46 bits per heavy atom. The fourth-order valence-corrected chi connectivity index (χ4v) is 4.98. The predicted octanol–water partition coefficient (Wildman–Crippen LogP) is 3.07. The molecule has 2 bridgehead atoms. The van der Waals surface area contributed by atoms with Gasteiger partial charge in [0, 0.05) is 12.8 Å². The highest BCUT2D eigenvalue weighted by atomic mass is 16.7. The minimum atomic E-state index is -1.78. The number of rotatable bonds is 2. The van der Waals surface area contributed by atoms with Crippen LogP contribution in [0, 0.1) is 56.2 Å². The van der Waals surface area contributed by atoms with Crippen molar-refractivity contribution in [3.05, 3.63) is 35.9 Å². The SMILES string of the molecule is N#CC1(C#N)[C@H](Cc2ccccc2)O[C@@]23CCCC[C@H]2[C@@]1(C#N)C(=N)O3. The molecule has 1 aliphatic carbocycles. The van der Waals surface area contributed by atoms with E-state index in [-0.39, 0.29) is 5.90 Å². The summed E-state index contributed by atoms with van der Waals surface area (Å²) in [7, 11) is 0. The minimum absolute atomic E-state index is 0.287. The Labute approximate surface area is 152 Å². The van der Waals surface area contributed by atoms with Crippen LogP contribution in [-0.4, -0.2) is 17.8 Å². The van der Waals surface area contributed by atoms with Gasteiger partial charge in [0.1, 0.15) is 6.10 Å². The Balaban J connectivity index is 1.89. The van der Waals surface area contributed by atoms with E-state index in [4.69, 9.17) is 14.9 Å². The molecule has 1 aromatic carbocycles. The van der Waals surface area contributed by atoms with E-state index < -0.39 is 28.6 Å². The van der Waals surface area contributed by atoms with Crippen LogP contribution in [0.1, 0.15) is 31.2 Å². The number of nitriles is 3. The van der Waals surface area contributed by atoms with Gasteiger partial charge in [-0.15, -0.1) is 0 Å². The first-order valence-electron chi connectivity index (χ1n) is 8.82. The first-order valence-corrected chi connectivity index (χ1v) is 8.82. The molecule has 2 aliphatic heterocycles. The Kier molecular flexibility index (Phi) is 3.55. The third kappa shape index (κ3) is 1.79. The second-order valence-corrected chi connectivity index (χ2v) is 7.29. The summed E-state index contributed by atoms with van der Waals surface area (Å²) in [6.07, 6.45) is 2.40. The van der Waals surface area contributed by atoms with E-state index in [0.717, 1.165) is 18.4 Å². The van der Waals surface area contributed by atoms with Gasteiger partial charge < -0.3 is 9.47 Å². The molecule has 130 valence electrons. The van der Waals surface area contributed by atoms with Gasteiger partial charge in [-0.1, -0.05) is 36.8 Å². The first kappa shape index (κ1) is 16.6. The molecule has 6 heteroatoms. The zero-order valence-corrected chi connectivity index (χ0v) is 14.2. The van der Waals surface area contributed by atoms with Gasteiger partial charge in [0.2, 0.25) is 11.7 Å². The molecule has 1 saturated carbocycles. The number of benzene rings is 1. The van der Waals surface area contributed by atoms with Crippen LogP contribution in [0.15, 0.2) is 30.3 Å². The fraction of sp³-hybridized carbons (Fsp3) is 0.500. The first-order chi connectivity index (χ1) is 12.6. The maximum absolute atomic E-state index is 10.1. The summed E-state index contributed by atoms with van der Waals surface area (Å²) in [5.41, 5.74) is -2.46. The van der Waals surface area contributed by atoms with Gasteiger partial charge in [-0.25, -0.2) is 0 Å². The molecule has 1 N–H and O–H groups in total. The third-order valence-corrected chi connectivity index (χ3v) is 6.19. The Hall–Kier alpha value is -2.88. The van der Waals surface area contributed by atoms with Gasteiger partial charge in [0.05, 0.1) is 24.1 Å². The lowest BCUT2D eigenvalue weighted by atomic mass is 9.51. The molecule has 0 amide bonds. The second-order valence-electron chi connectivity index (χ2n) is 7.29. The molecule has 4 atom stereocenters. The summed E-state index contributed by atoms with van der Waals surface area (Å²) < 4.78 is 12.1. The minimum Gasteiger partial charge on any atom is -0.447 e. The molecule has 0 aromatic heterocycles. The van der Waals surface area contributed by atoms with Gasteiger partial charge >= 0.3 is 0 Å². The highest BCUT2D eigenvalue weighted by molar-refractivity contribution is 5.89. The Morgan fingerprint density at radius 2 is 1.81 bits per heavy atom. The van der Waals surface area contributed by atoms with Crippen LogP contribution in [0.5, 0.6) is 0 Å². The van der Waals surface area contributed by atoms with Crippen molar-refractivity contribution in [3.63, 3.8) is 0 Å². The molecule has 3 aliphatic rings. The van der Waals surface area contributed by atoms with Gasteiger partial charge in [-0.3, -0.25) is 5.41 Å². The number of hydrogen-bond donors (Lipinski definition) is 1.